The van der Waals surface area contributed by atoms with Gasteiger partial charge in [-0.1, -0.05) is 11.3 Å². The number of aromatic nitrogens is 5. The van der Waals surface area contributed by atoms with E-state index >= 15 is 0 Å². The molecule has 2 rings (SSSR count). The smallest absolute Gasteiger partial charge is 0.448 e. The van der Waals surface area contributed by atoms with Gasteiger partial charge in [-0.15, -0.1) is 0 Å². The number of halogens is 3. The number of allylic oxidation sites excluding steroid dienone is 1. The number of carbonyl (C=O) groups excluding carboxylic acids is 1. The zero-order valence-corrected chi connectivity index (χ0v) is 15.7. The van der Waals surface area contributed by atoms with Gasteiger partial charge in [0.15, 0.2) is 24.3 Å². The molecule has 2 aromatic heterocycles. The van der Waals surface area contributed by atoms with E-state index in [0.29, 0.717) is 11.4 Å². The monoisotopic (exact) mass is 417 g/mol. The van der Waals surface area contributed by atoms with Gasteiger partial charge in [0, 0.05) is 13.1 Å². The van der Waals surface area contributed by atoms with Crippen LogP contribution in [0.15, 0.2) is 37.1 Å². The molecule has 0 fully saturated rings. The highest BCUT2D eigenvalue weighted by molar-refractivity contribution is 5.93. The van der Waals surface area contributed by atoms with Gasteiger partial charge in [-0.25, -0.2) is 4.98 Å². The summed E-state index contributed by atoms with van der Waals surface area (Å²) in [5.74, 6) is -1.84. The molecule has 0 aliphatic rings. The van der Waals surface area contributed by atoms with Crippen LogP contribution in [0.2, 0.25) is 0 Å². The maximum atomic E-state index is 11.9. The average molecular weight is 417 g/mol. The lowest BCUT2D eigenvalue weighted by atomic mass is 10.3. The maximum absolute atomic E-state index is 11.9. The molecule has 10 nitrogen and oxygen atoms in total. The standard InChI is InChI=1S/C12H14N6O3.C4H5F3O/c1-17-8-14-10(16-17)7-13-12(21)9-2-4-18(15-6-9)5-3-11(19)20;1-3(8-2)4(5,6)7/h2,4,6,8H,3,5,7H2,1H3,(H-,13,19,20,21);1H2,2H3/p+1. The highest BCUT2D eigenvalue weighted by atomic mass is 19.4. The van der Waals surface area contributed by atoms with E-state index in [1.807, 2.05) is 0 Å². The van der Waals surface area contributed by atoms with Gasteiger partial charge in [-0.3, -0.25) is 14.3 Å². The van der Waals surface area contributed by atoms with Crippen LogP contribution >= 0.6 is 0 Å². The second kappa shape index (κ2) is 10.7. The number of ether oxygens (including phenoxy) is 1. The molecule has 0 aliphatic heterocycles. The van der Waals surface area contributed by atoms with Gasteiger partial charge in [-0.2, -0.15) is 18.3 Å². The second-order valence-corrected chi connectivity index (χ2v) is 5.46. The zero-order chi connectivity index (χ0) is 22.0. The first-order chi connectivity index (χ1) is 13.5. The molecule has 158 valence electrons. The normalized spacial score (nSPS) is 10.5. The van der Waals surface area contributed by atoms with Crippen LogP contribution in [0.3, 0.4) is 0 Å². The summed E-state index contributed by atoms with van der Waals surface area (Å²) < 4.78 is 40.5. The van der Waals surface area contributed by atoms with Crippen LogP contribution in [0, 0.1) is 0 Å². The Morgan fingerprint density at radius 2 is 2.10 bits per heavy atom. The van der Waals surface area contributed by atoms with Gasteiger partial charge >= 0.3 is 12.1 Å². The number of aliphatic carboxylic acids is 1. The van der Waals surface area contributed by atoms with Gasteiger partial charge < -0.3 is 15.2 Å². The number of methoxy groups -OCH3 is 1. The van der Waals surface area contributed by atoms with E-state index in [0.717, 1.165) is 7.11 Å². The summed E-state index contributed by atoms with van der Waals surface area (Å²) in [4.78, 5) is 26.3. The largest absolute Gasteiger partial charge is 0.493 e. The summed E-state index contributed by atoms with van der Waals surface area (Å²) in [6.07, 6.45) is 0.0835. The Balaban J connectivity index is 0.000000447. The molecule has 29 heavy (non-hydrogen) atoms. The van der Waals surface area contributed by atoms with E-state index in [4.69, 9.17) is 5.11 Å². The molecular weight excluding hydrogens is 397 g/mol. The number of nitrogens with one attached hydrogen (secondary N) is 1. The number of carboxylic acids is 1. The molecule has 13 heteroatoms. The van der Waals surface area contributed by atoms with Crippen molar-refractivity contribution >= 4 is 11.9 Å². The van der Waals surface area contributed by atoms with Crippen molar-refractivity contribution in [2.75, 3.05) is 7.11 Å². The van der Waals surface area contributed by atoms with Gasteiger partial charge in [-0.05, 0) is 5.10 Å². The number of carboxylic acid groups (broad SMARTS) is 1. The van der Waals surface area contributed by atoms with E-state index in [9.17, 15) is 22.8 Å². The first-order valence-electron chi connectivity index (χ1n) is 8.03. The first kappa shape index (κ1) is 23.5. The van der Waals surface area contributed by atoms with E-state index < -0.39 is 17.9 Å². The lowest BCUT2D eigenvalue weighted by Crippen LogP contribution is -2.39. The minimum Gasteiger partial charge on any atom is -0.493 e. The fourth-order valence-electron chi connectivity index (χ4n) is 1.70. The molecule has 0 radical (unpaired) electrons. The number of rotatable bonds is 7. The Bertz CT molecular complexity index is 836. The number of aryl methyl sites for hydroxylation is 2. The van der Waals surface area contributed by atoms with Crippen molar-refractivity contribution in [1.82, 2.24) is 25.2 Å². The highest BCUT2D eigenvalue weighted by Crippen LogP contribution is 2.23. The van der Waals surface area contributed by atoms with Crippen molar-refractivity contribution in [3.63, 3.8) is 0 Å². The van der Waals surface area contributed by atoms with Crippen LogP contribution in [0.25, 0.3) is 0 Å². The third kappa shape index (κ3) is 8.81. The summed E-state index contributed by atoms with van der Waals surface area (Å²) in [7, 11) is 2.67. The van der Waals surface area contributed by atoms with Crippen LogP contribution in [0.1, 0.15) is 22.6 Å². The molecule has 2 N–H and O–H groups in total. The Kier molecular flexibility index (Phi) is 8.70. The number of hydrogen-bond acceptors (Lipinski definition) is 6. The fourth-order valence-corrected chi connectivity index (χ4v) is 1.70. The quantitative estimate of drug-likeness (QED) is 0.500. The second-order valence-electron chi connectivity index (χ2n) is 5.46. The van der Waals surface area contributed by atoms with Crippen LogP contribution in [0.4, 0.5) is 13.2 Å². The number of alkyl halides is 3. The highest BCUT2D eigenvalue weighted by Gasteiger charge is 2.33. The van der Waals surface area contributed by atoms with E-state index in [2.05, 4.69) is 31.8 Å². The molecule has 0 bridgehead atoms. The first-order valence-corrected chi connectivity index (χ1v) is 8.03. The molecule has 0 saturated heterocycles. The molecule has 0 atom stereocenters. The Labute approximate surface area is 163 Å². The summed E-state index contributed by atoms with van der Waals surface area (Å²) in [6, 6.07) is 1.58. The summed E-state index contributed by atoms with van der Waals surface area (Å²) in [6.45, 7) is 3.09. The number of amides is 1. The molecule has 0 spiro atoms. The molecule has 2 aromatic rings. The van der Waals surface area contributed by atoms with E-state index in [-0.39, 0.29) is 25.4 Å². The fraction of sp³-hybridized carbons (Fsp3) is 0.375. The summed E-state index contributed by atoms with van der Waals surface area (Å²) in [5, 5.41) is 19.3. The van der Waals surface area contributed by atoms with Crippen molar-refractivity contribution in [3.8, 4) is 0 Å². The lowest BCUT2D eigenvalue weighted by Gasteiger charge is -2.06. The summed E-state index contributed by atoms with van der Waals surface area (Å²) in [5.41, 5.74) is 0.387. The lowest BCUT2D eigenvalue weighted by molar-refractivity contribution is -0.753. The molecule has 0 aromatic carbocycles. The predicted molar refractivity (Wildman–Crippen MR) is 91.1 cm³/mol. The minimum absolute atomic E-state index is 0.0193. The zero-order valence-electron chi connectivity index (χ0n) is 15.7. The molecule has 0 saturated carbocycles. The molecule has 1 amide bonds. The van der Waals surface area contributed by atoms with Crippen molar-refractivity contribution < 1.29 is 37.3 Å². The third-order valence-electron chi connectivity index (χ3n) is 3.20. The van der Waals surface area contributed by atoms with E-state index in [1.54, 1.807) is 30.3 Å². The van der Waals surface area contributed by atoms with E-state index in [1.165, 1.54) is 10.9 Å². The van der Waals surface area contributed by atoms with Crippen LogP contribution in [-0.4, -0.2) is 50.1 Å². The van der Waals surface area contributed by atoms with Crippen molar-refractivity contribution in [2.45, 2.75) is 25.7 Å². The van der Waals surface area contributed by atoms with Gasteiger partial charge in [0.2, 0.25) is 0 Å². The van der Waals surface area contributed by atoms with Crippen molar-refractivity contribution in [3.05, 3.63) is 48.5 Å². The maximum Gasteiger partial charge on any atom is 0.448 e. The molecule has 0 aliphatic carbocycles. The summed E-state index contributed by atoms with van der Waals surface area (Å²) >= 11 is 0. The topological polar surface area (TPSA) is 123 Å². The predicted octanol–water partition coefficient (Wildman–Crippen LogP) is 0.611. The Hall–Kier alpha value is -3.51. The average Bonchev–Trinajstić information content (AvgIpc) is 3.09. The van der Waals surface area contributed by atoms with Crippen molar-refractivity contribution in [1.29, 1.82) is 0 Å². The molecule has 2 heterocycles. The molecular formula is C16H20F3N6O4+. The minimum atomic E-state index is -4.41. The Morgan fingerprint density at radius 3 is 2.52 bits per heavy atom. The third-order valence-corrected chi connectivity index (χ3v) is 3.20. The van der Waals surface area contributed by atoms with Crippen LogP contribution in [-0.2, 0) is 29.7 Å². The Morgan fingerprint density at radius 1 is 1.41 bits per heavy atom. The number of carbonyl (C=O) groups is 2. The number of nitrogens with zero attached hydrogens (tertiary/aromatic N) is 5. The number of hydrogen-bond donors (Lipinski definition) is 2. The van der Waals surface area contributed by atoms with Gasteiger partial charge in [0.05, 0.1) is 19.2 Å². The van der Waals surface area contributed by atoms with Crippen LogP contribution < -0.4 is 10.00 Å². The molecule has 0 unspecified atom stereocenters. The van der Waals surface area contributed by atoms with Crippen molar-refractivity contribution in [2.24, 2.45) is 7.05 Å². The van der Waals surface area contributed by atoms with Gasteiger partial charge in [0.1, 0.15) is 18.9 Å². The van der Waals surface area contributed by atoms with Crippen LogP contribution in [0.5, 0.6) is 0 Å². The van der Waals surface area contributed by atoms with Gasteiger partial charge in [0.25, 0.3) is 5.91 Å². The SMILES string of the molecule is C=C(OC)C(F)(F)F.Cn1cnc(CNC(=O)c2cc[n+](CCC(=O)O)nc2)n1.